The number of benzene rings is 1. The second kappa shape index (κ2) is 6.44. The summed E-state index contributed by atoms with van der Waals surface area (Å²) in [6.45, 7) is 5.17. The third kappa shape index (κ3) is 3.23. The summed E-state index contributed by atoms with van der Waals surface area (Å²) >= 11 is 0. The van der Waals surface area contributed by atoms with Crippen LogP contribution in [-0.2, 0) is 0 Å². The molecule has 1 aromatic heterocycles. The van der Waals surface area contributed by atoms with Gasteiger partial charge in [0.15, 0.2) is 5.78 Å². The molecule has 23 heavy (non-hydrogen) atoms. The number of likely N-dealkylation sites (tertiary alicyclic amines) is 1. The summed E-state index contributed by atoms with van der Waals surface area (Å²) in [6.07, 6.45) is 3.26. The molecule has 0 bridgehead atoms. The monoisotopic (exact) mass is 313 g/mol. The zero-order chi connectivity index (χ0) is 16.4. The maximum absolute atomic E-state index is 12.8. The Balaban J connectivity index is 1.66. The predicted molar refractivity (Wildman–Crippen MR) is 90.6 cm³/mol. The number of nitrogens with one attached hydrogen (secondary N) is 2. The number of fused-ring (bicyclic) bond motifs is 1. The number of Topliss-reactive ketones (excluding diaryl/α,β-unsaturated/α-hetero) is 1. The van der Waals surface area contributed by atoms with Crippen LogP contribution in [0.5, 0.6) is 0 Å². The van der Waals surface area contributed by atoms with Crippen molar-refractivity contribution in [1.82, 2.24) is 15.2 Å². The van der Waals surface area contributed by atoms with E-state index in [1.54, 1.807) is 4.90 Å². The zero-order valence-corrected chi connectivity index (χ0v) is 13.6. The number of piperidine rings is 1. The summed E-state index contributed by atoms with van der Waals surface area (Å²) in [5.74, 6) is 0.184. The number of nitrogens with zero attached hydrogens (tertiary/aromatic N) is 1. The maximum atomic E-state index is 12.8. The SMILES string of the molecule is CC(C)NC(=O)N1CCC(C(=O)c2c[nH]c3ccccc23)CC1. The Bertz CT molecular complexity index is 712. The molecule has 2 heterocycles. The van der Waals surface area contributed by atoms with Crippen LogP contribution in [0.1, 0.15) is 37.0 Å². The molecule has 5 heteroatoms. The van der Waals surface area contributed by atoms with Gasteiger partial charge in [0.1, 0.15) is 0 Å². The van der Waals surface area contributed by atoms with Gasteiger partial charge in [0.25, 0.3) is 0 Å². The number of amides is 2. The number of para-hydroxylation sites is 1. The van der Waals surface area contributed by atoms with Gasteiger partial charge in [0.05, 0.1) is 0 Å². The first kappa shape index (κ1) is 15.6. The van der Waals surface area contributed by atoms with Gasteiger partial charge in [-0.2, -0.15) is 0 Å². The third-order valence-corrected chi connectivity index (χ3v) is 4.42. The molecule has 0 spiro atoms. The highest BCUT2D eigenvalue weighted by molar-refractivity contribution is 6.08. The first-order chi connectivity index (χ1) is 11.1. The van der Waals surface area contributed by atoms with Crippen molar-refractivity contribution >= 4 is 22.7 Å². The summed E-state index contributed by atoms with van der Waals surface area (Å²) in [6, 6.07) is 7.96. The summed E-state index contributed by atoms with van der Waals surface area (Å²) in [4.78, 5) is 29.8. The van der Waals surface area contributed by atoms with E-state index in [2.05, 4.69) is 10.3 Å². The minimum absolute atomic E-state index is 0.00249. The van der Waals surface area contributed by atoms with Gasteiger partial charge in [0.2, 0.25) is 0 Å². The van der Waals surface area contributed by atoms with Crippen molar-refractivity contribution < 1.29 is 9.59 Å². The van der Waals surface area contributed by atoms with Gasteiger partial charge in [-0.1, -0.05) is 18.2 Å². The minimum Gasteiger partial charge on any atom is -0.360 e. The molecule has 2 amide bonds. The molecule has 1 saturated heterocycles. The molecule has 1 aliphatic heterocycles. The largest absolute Gasteiger partial charge is 0.360 e. The summed E-state index contributed by atoms with van der Waals surface area (Å²) in [5, 5.41) is 3.89. The highest BCUT2D eigenvalue weighted by Gasteiger charge is 2.29. The lowest BCUT2D eigenvalue weighted by Crippen LogP contribution is -2.47. The van der Waals surface area contributed by atoms with Crippen LogP contribution in [0.3, 0.4) is 0 Å². The van der Waals surface area contributed by atoms with E-state index in [0.29, 0.717) is 13.1 Å². The summed E-state index contributed by atoms with van der Waals surface area (Å²) in [7, 11) is 0. The lowest BCUT2D eigenvalue weighted by atomic mass is 9.89. The average Bonchev–Trinajstić information content (AvgIpc) is 2.97. The van der Waals surface area contributed by atoms with Gasteiger partial charge in [-0.3, -0.25) is 4.79 Å². The number of carbonyl (C=O) groups excluding carboxylic acids is 2. The molecular formula is C18H23N3O2. The lowest BCUT2D eigenvalue weighted by molar-refractivity contribution is 0.0855. The second-order valence-corrected chi connectivity index (χ2v) is 6.48. The van der Waals surface area contributed by atoms with Crippen LogP contribution in [0.2, 0.25) is 0 Å². The van der Waals surface area contributed by atoms with Gasteiger partial charge >= 0.3 is 6.03 Å². The van der Waals surface area contributed by atoms with E-state index in [0.717, 1.165) is 29.3 Å². The first-order valence-corrected chi connectivity index (χ1v) is 8.22. The standard InChI is InChI=1S/C18H23N3O2/c1-12(2)20-18(23)21-9-7-13(8-10-21)17(22)15-11-19-16-6-4-3-5-14(15)16/h3-6,11-13,19H,7-10H2,1-2H3,(H,20,23). The molecule has 0 unspecified atom stereocenters. The lowest BCUT2D eigenvalue weighted by Gasteiger charge is -2.31. The smallest absolute Gasteiger partial charge is 0.317 e. The number of rotatable bonds is 3. The van der Waals surface area contributed by atoms with E-state index >= 15 is 0 Å². The topological polar surface area (TPSA) is 65.2 Å². The van der Waals surface area contributed by atoms with Crippen molar-refractivity contribution in [3.05, 3.63) is 36.0 Å². The zero-order valence-electron chi connectivity index (χ0n) is 13.6. The molecule has 122 valence electrons. The van der Waals surface area contributed by atoms with Crippen LogP contribution in [0.4, 0.5) is 4.79 Å². The Kier molecular flexibility index (Phi) is 4.37. The number of urea groups is 1. The Labute approximate surface area is 136 Å². The van der Waals surface area contributed by atoms with Crippen molar-refractivity contribution in [3.63, 3.8) is 0 Å². The predicted octanol–water partition coefficient (Wildman–Crippen LogP) is 3.18. The van der Waals surface area contributed by atoms with Gasteiger partial charge in [-0.05, 0) is 32.8 Å². The van der Waals surface area contributed by atoms with Crippen LogP contribution >= 0.6 is 0 Å². The van der Waals surface area contributed by atoms with E-state index in [1.807, 2.05) is 44.3 Å². The minimum atomic E-state index is -0.0296. The third-order valence-electron chi connectivity index (χ3n) is 4.42. The van der Waals surface area contributed by atoms with E-state index in [9.17, 15) is 9.59 Å². The number of aromatic amines is 1. The van der Waals surface area contributed by atoms with E-state index in [-0.39, 0.29) is 23.8 Å². The summed E-state index contributed by atoms with van der Waals surface area (Å²) in [5.41, 5.74) is 1.76. The van der Waals surface area contributed by atoms with E-state index < -0.39 is 0 Å². The number of ketones is 1. The Morgan fingerprint density at radius 3 is 2.61 bits per heavy atom. The van der Waals surface area contributed by atoms with Gasteiger partial charge in [-0.25, -0.2) is 4.79 Å². The molecule has 2 N–H and O–H groups in total. The molecule has 1 aromatic carbocycles. The molecule has 0 saturated carbocycles. The molecule has 0 radical (unpaired) electrons. The fraction of sp³-hybridized carbons (Fsp3) is 0.444. The van der Waals surface area contributed by atoms with Crippen molar-refractivity contribution in [2.24, 2.45) is 5.92 Å². The van der Waals surface area contributed by atoms with Gasteiger partial charge < -0.3 is 15.2 Å². The van der Waals surface area contributed by atoms with Crippen molar-refractivity contribution in [1.29, 1.82) is 0 Å². The molecule has 1 aliphatic rings. The fourth-order valence-electron chi connectivity index (χ4n) is 3.18. The molecular weight excluding hydrogens is 290 g/mol. The molecule has 3 rings (SSSR count). The first-order valence-electron chi connectivity index (χ1n) is 8.22. The molecule has 1 fully saturated rings. The Morgan fingerprint density at radius 1 is 1.22 bits per heavy atom. The quantitative estimate of drug-likeness (QED) is 0.855. The number of carbonyl (C=O) groups is 2. The normalized spacial score (nSPS) is 16.0. The van der Waals surface area contributed by atoms with Crippen LogP contribution in [0.25, 0.3) is 10.9 Å². The van der Waals surface area contributed by atoms with E-state index in [1.165, 1.54) is 0 Å². The van der Waals surface area contributed by atoms with Gasteiger partial charge in [0, 0.05) is 47.7 Å². The van der Waals surface area contributed by atoms with Crippen molar-refractivity contribution in [3.8, 4) is 0 Å². The van der Waals surface area contributed by atoms with Crippen molar-refractivity contribution in [2.75, 3.05) is 13.1 Å². The number of hydrogen-bond donors (Lipinski definition) is 2. The number of H-pyrrole nitrogens is 1. The second-order valence-electron chi connectivity index (χ2n) is 6.48. The molecule has 0 atom stereocenters. The number of hydrogen-bond acceptors (Lipinski definition) is 2. The fourth-order valence-corrected chi connectivity index (χ4v) is 3.18. The molecule has 2 aromatic rings. The highest BCUT2D eigenvalue weighted by Crippen LogP contribution is 2.26. The van der Waals surface area contributed by atoms with E-state index in [4.69, 9.17) is 0 Å². The van der Waals surface area contributed by atoms with Crippen LogP contribution in [-0.4, -0.2) is 40.8 Å². The summed E-state index contributed by atoms with van der Waals surface area (Å²) < 4.78 is 0. The molecule has 5 nitrogen and oxygen atoms in total. The highest BCUT2D eigenvalue weighted by atomic mass is 16.2. The Hall–Kier alpha value is -2.30. The number of aromatic nitrogens is 1. The average molecular weight is 313 g/mol. The van der Waals surface area contributed by atoms with Crippen LogP contribution in [0.15, 0.2) is 30.5 Å². The van der Waals surface area contributed by atoms with Crippen LogP contribution in [0, 0.1) is 5.92 Å². The Morgan fingerprint density at radius 2 is 1.91 bits per heavy atom. The van der Waals surface area contributed by atoms with Crippen molar-refractivity contribution in [2.45, 2.75) is 32.7 Å². The van der Waals surface area contributed by atoms with Gasteiger partial charge in [-0.15, -0.1) is 0 Å². The van der Waals surface area contributed by atoms with Crippen LogP contribution < -0.4 is 5.32 Å². The molecule has 0 aliphatic carbocycles. The maximum Gasteiger partial charge on any atom is 0.317 e.